The Labute approximate surface area is 122 Å². The lowest BCUT2D eigenvalue weighted by Crippen LogP contribution is -2.39. The van der Waals surface area contributed by atoms with Gasteiger partial charge >= 0.3 is 0 Å². The van der Waals surface area contributed by atoms with E-state index in [1.54, 1.807) is 0 Å². The lowest BCUT2D eigenvalue weighted by Gasteiger charge is -2.38. The van der Waals surface area contributed by atoms with Gasteiger partial charge in [0.15, 0.2) is 0 Å². The highest BCUT2D eigenvalue weighted by Gasteiger charge is 2.34. The third-order valence-corrected chi connectivity index (χ3v) is 3.93. The van der Waals surface area contributed by atoms with Crippen LogP contribution in [0.25, 0.3) is 0 Å². The van der Waals surface area contributed by atoms with Crippen molar-refractivity contribution in [1.82, 2.24) is 5.32 Å². The van der Waals surface area contributed by atoms with Crippen LogP contribution in [0.4, 0.5) is 0 Å². The van der Waals surface area contributed by atoms with E-state index in [2.05, 4.69) is 42.0 Å². The van der Waals surface area contributed by atoms with Crippen LogP contribution >= 0.6 is 27.5 Å². The molecular weight excluding hydrogens is 314 g/mol. The standard InChI is InChI=1S/C14H19BrClNO/c1-4-5-17-12-8-14(2,3)18-13-10(12)6-9(16)7-11(13)15/h6-7,12,17H,4-5,8H2,1-3H3. The van der Waals surface area contributed by atoms with Crippen LogP contribution in [0.3, 0.4) is 0 Å². The molecule has 2 rings (SSSR count). The highest BCUT2D eigenvalue weighted by atomic mass is 79.9. The largest absolute Gasteiger partial charge is 0.486 e. The number of hydrogen-bond acceptors (Lipinski definition) is 2. The minimum absolute atomic E-state index is 0.158. The number of nitrogens with one attached hydrogen (secondary N) is 1. The van der Waals surface area contributed by atoms with Gasteiger partial charge in [0.1, 0.15) is 11.4 Å². The molecule has 0 saturated carbocycles. The van der Waals surface area contributed by atoms with Gasteiger partial charge in [0.05, 0.1) is 4.47 Å². The van der Waals surface area contributed by atoms with Gasteiger partial charge in [-0.1, -0.05) is 18.5 Å². The van der Waals surface area contributed by atoms with E-state index in [-0.39, 0.29) is 5.60 Å². The molecule has 18 heavy (non-hydrogen) atoms. The van der Waals surface area contributed by atoms with E-state index >= 15 is 0 Å². The number of benzene rings is 1. The molecule has 1 aliphatic heterocycles. The average Bonchev–Trinajstić information content (AvgIpc) is 2.27. The van der Waals surface area contributed by atoms with Crippen molar-refractivity contribution in [3.8, 4) is 5.75 Å². The minimum atomic E-state index is -0.158. The summed E-state index contributed by atoms with van der Waals surface area (Å²) in [5.74, 6) is 0.921. The molecule has 1 aromatic rings. The first-order valence-corrected chi connectivity index (χ1v) is 7.51. The Kier molecular flexibility index (Phi) is 4.25. The number of ether oxygens (including phenoxy) is 1. The van der Waals surface area contributed by atoms with Gasteiger partial charge in [-0.05, 0) is 54.9 Å². The molecule has 0 radical (unpaired) electrons. The van der Waals surface area contributed by atoms with E-state index in [0.29, 0.717) is 6.04 Å². The predicted octanol–water partition coefficient (Wildman–Crippen LogP) is 4.70. The Morgan fingerprint density at radius 1 is 1.50 bits per heavy atom. The van der Waals surface area contributed by atoms with Gasteiger partial charge in [-0.15, -0.1) is 0 Å². The fourth-order valence-corrected chi connectivity index (χ4v) is 3.28. The zero-order valence-corrected chi connectivity index (χ0v) is 13.4. The van der Waals surface area contributed by atoms with Crippen LogP contribution in [0, 0.1) is 0 Å². The monoisotopic (exact) mass is 331 g/mol. The van der Waals surface area contributed by atoms with Gasteiger partial charge in [0, 0.05) is 23.0 Å². The normalized spacial score (nSPS) is 21.3. The van der Waals surface area contributed by atoms with Crippen molar-refractivity contribution in [3.63, 3.8) is 0 Å². The molecule has 1 N–H and O–H groups in total. The minimum Gasteiger partial charge on any atom is -0.486 e. The highest BCUT2D eigenvalue weighted by Crippen LogP contribution is 2.44. The number of hydrogen-bond donors (Lipinski definition) is 1. The first kappa shape index (κ1) is 14.2. The Morgan fingerprint density at radius 3 is 2.89 bits per heavy atom. The van der Waals surface area contributed by atoms with Crippen LogP contribution in [0.5, 0.6) is 5.75 Å². The van der Waals surface area contributed by atoms with Gasteiger partial charge in [0.25, 0.3) is 0 Å². The smallest absolute Gasteiger partial charge is 0.139 e. The first-order valence-electron chi connectivity index (χ1n) is 6.34. The maximum Gasteiger partial charge on any atom is 0.139 e. The van der Waals surface area contributed by atoms with E-state index in [9.17, 15) is 0 Å². The summed E-state index contributed by atoms with van der Waals surface area (Å²) in [7, 11) is 0. The van der Waals surface area contributed by atoms with Crippen molar-refractivity contribution < 1.29 is 4.74 Å². The maximum absolute atomic E-state index is 6.14. The van der Waals surface area contributed by atoms with E-state index in [0.717, 1.165) is 40.2 Å². The quantitative estimate of drug-likeness (QED) is 0.866. The van der Waals surface area contributed by atoms with Gasteiger partial charge in [-0.2, -0.15) is 0 Å². The van der Waals surface area contributed by atoms with Crippen molar-refractivity contribution in [1.29, 1.82) is 0 Å². The third-order valence-electron chi connectivity index (χ3n) is 3.13. The van der Waals surface area contributed by atoms with Gasteiger partial charge in [0.2, 0.25) is 0 Å². The summed E-state index contributed by atoms with van der Waals surface area (Å²) in [6, 6.07) is 4.20. The average molecular weight is 333 g/mol. The van der Waals surface area contributed by atoms with E-state index in [4.69, 9.17) is 16.3 Å². The molecule has 0 aromatic heterocycles. The molecule has 0 bridgehead atoms. The molecule has 0 spiro atoms. The molecular formula is C14H19BrClNO. The number of fused-ring (bicyclic) bond motifs is 1. The zero-order valence-electron chi connectivity index (χ0n) is 11.0. The van der Waals surface area contributed by atoms with E-state index in [1.165, 1.54) is 0 Å². The number of rotatable bonds is 3. The van der Waals surface area contributed by atoms with Crippen LogP contribution in [0.15, 0.2) is 16.6 Å². The third kappa shape index (κ3) is 3.01. The molecule has 1 heterocycles. The predicted molar refractivity (Wildman–Crippen MR) is 79.5 cm³/mol. The van der Waals surface area contributed by atoms with Gasteiger partial charge in [-0.25, -0.2) is 0 Å². The van der Waals surface area contributed by atoms with E-state index < -0.39 is 0 Å². The molecule has 0 fully saturated rings. The molecule has 2 nitrogen and oxygen atoms in total. The summed E-state index contributed by atoms with van der Waals surface area (Å²) >= 11 is 9.68. The van der Waals surface area contributed by atoms with Crippen LogP contribution in [0.2, 0.25) is 5.02 Å². The Balaban J connectivity index is 2.40. The van der Waals surface area contributed by atoms with Crippen LogP contribution in [-0.4, -0.2) is 12.1 Å². The topological polar surface area (TPSA) is 21.3 Å². The summed E-state index contributed by atoms with van der Waals surface area (Å²) in [5, 5.41) is 4.32. The molecule has 1 atom stereocenters. The van der Waals surface area contributed by atoms with Crippen molar-refractivity contribution in [3.05, 3.63) is 27.2 Å². The van der Waals surface area contributed by atoms with Gasteiger partial charge in [-0.3, -0.25) is 0 Å². The SMILES string of the molecule is CCCNC1CC(C)(C)Oc2c(Br)cc(Cl)cc21. The second kappa shape index (κ2) is 5.40. The second-order valence-electron chi connectivity index (χ2n) is 5.38. The van der Waals surface area contributed by atoms with Gasteiger partial charge < -0.3 is 10.1 Å². The zero-order chi connectivity index (χ0) is 13.3. The Bertz CT molecular complexity index is 448. The Morgan fingerprint density at radius 2 is 2.22 bits per heavy atom. The van der Waals surface area contributed by atoms with Crippen molar-refractivity contribution in [2.75, 3.05) is 6.54 Å². The molecule has 0 amide bonds. The molecule has 0 saturated heterocycles. The van der Waals surface area contributed by atoms with Crippen molar-refractivity contribution >= 4 is 27.5 Å². The first-order chi connectivity index (χ1) is 8.43. The van der Waals surface area contributed by atoms with Crippen LogP contribution < -0.4 is 10.1 Å². The van der Waals surface area contributed by atoms with E-state index in [1.807, 2.05) is 12.1 Å². The van der Waals surface area contributed by atoms with Crippen LogP contribution in [-0.2, 0) is 0 Å². The molecule has 1 aliphatic rings. The summed E-state index contributed by atoms with van der Waals surface area (Å²) in [5.41, 5.74) is 0.997. The summed E-state index contributed by atoms with van der Waals surface area (Å²) in [6.07, 6.45) is 2.07. The highest BCUT2D eigenvalue weighted by molar-refractivity contribution is 9.10. The lowest BCUT2D eigenvalue weighted by molar-refractivity contribution is 0.0651. The maximum atomic E-state index is 6.14. The molecule has 4 heteroatoms. The van der Waals surface area contributed by atoms with Crippen molar-refractivity contribution in [2.45, 2.75) is 45.3 Å². The fourth-order valence-electron chi connectivity index (χ4n) is 2.37. The van der Waals surface area contributed by atoms with Crippen LogP contribution in [0.1, 0.15) is 45.2 Å². The summed E-state index contributed by atoms with van der Waals surface area (Å²) in [4.78, 5) is 0. The second-order valence-corrected chi connectivity index (χ2v) is 6.67. The van der Waals surface area contributed by atoms with Crippen molar-refractivity contribution in [2.24, 2.45) is 0 Å². The Hall–Kier alpha value is -0.250. The molecule has 100 valence electrons. The molecule has 1 unspecified atom stereocenters. The summed E-state index contributed by atoms with van der Waals surface area (Å²) in [6.45, 7) is 7.42. The summed E-state index contributed by atoms with van der Waals surface area (Å²) < 4.78 is 7.00. The molecule has 1 aromatic carbocycles. The number of halogens is 2. The fraction of sp³-hybridized carbons (Fsp3) is 0.571. The molecule has 0 aliphatic carbocycles. The lowest BCUT2D eigenvalue weighted by atomic mass is 9.89.